The largest absolute Gasteiger partial charge is 0.336 e. The monoisotopic (exact) mass is 297 g/mol. The zero-order valence-electron chi connectivity index (χ0n) is 12.4. The third kappa shape index (κ3) is 2.38. The number of aromatic nitrogens is 4. The van der Waals surface area contributed by atoms with Crippen molar-refractivity contribution in [3.63, 3.8) is 0 Å². The number of amides is 1. The summed E-state index contributed by atoms with van der Waals surface area (Å²) in [6.45, 7) is 0. The van der Waals surface area contributed by atoms with Crippen molar-refractivity contribution in [1.82, 2.24) is 24.6 Å². The fourth-order valence-corrected chi connectivity index (χ4v) is 3.95. The fourth-order valence-electron chi connectivity index (χ4n) is 3.95. The summed E-state index contributed by atoms with van der Waals surface area (Å²) < 4.78 is 1.95. The van der Waals surface area contributed by atoms with Gasteiger partial charge in [-0.15, -0.1) is 0 Å². The first-order valence-corrected chi connectivity index (χ1v) is 7.85. The predicted molar refractivity (Wildman–Crippen MR) is 79.9 cm³/mol. The summed E-state index contributed by atoms with van der Waals surface area (Å²) in [5.41, 5.74) is 0.991. The molecule has 2 bridgehead atoms. The molecule has 0 saturated carbocycles. The van der Waals surface area contributed by atoms with E-state index in [1.165, 1.54) is 0 Å². The number of piperidine rings is 1. The molecule has 22 heavy (non-hydrogen) atoms. The molecule has 2 aliphatic heterocycles. The van der Waals surface area contributed by atoms with Crippen LogP contribution in [-0.2, 0) is 11.2 Å². The highest BCUT2D eigenvalue weighted by molar-refractivity contribution is 5.79. The van der Waals surface area contributed by atoms with Gasteiger partial charge < -0.3 is 4.90 Å². The minimum absolute atomic E-state index is 0.234. The maximum Gasteiger partial charge on any atom is 0.227 e. The van der Waals surface area contributed by atoms with Crippen LogP contribution in [0, 0.1) is 0 Å². The van der Waals surface area contributed by atoms with E-state index in [4.69, 9.17) is 0 Å². The highest BCUT2D eigenvalue weighted by Crippen LogP contribution is 2.40. The quantitative estimate of drug-likeness (QED) is 0.863. The van der Waals surface area contributed by atoms with E-state index >= 15 is 0 Å². The van der Waals surface area contributed by atoms with E-state index in [1.807, 2.05) is 16.8 Å². The van der Waals surface area contributed by atoms with Crippen LogP contribution in [0.15, 0.2) is 37.2 Å². The third-order valence-corrected chi connectivity index (χ3v) is 4.89. The minimum Gasteiger partial charge on any atom is -0.336 e. The van der Waals surface area contributed by atoms with Crippen molar-refractivity contribution >= 4 is 5.91 Å². The van der Waals surface area contributed by atoms with Gasteiger partial charge in [0.25, 0.3) is 0 Å². The van der Waals surface area contributed by atoms with Gasteiger partial charge in [-0.25, -0.2) is 9.67 Å². The maximum atomic E-state index is 12.7. The Balaban J connectivity index is 1.47. The van der Waals surface area contributed by atoms with Crippen molar-refractivity contribution < 1.29 is 4.79 Å². The molecule has 0 aromatic carbocycles. The zero-order valence-corrected chi connectivity index (χ0v) is 12.4. The first-order chi connectivity index (χ1) is 10.8. The van der Waals surface area contributed by atoms with Crippen molar-refractivity contribution in [2.75, 3.05) is 0 Å². The Hall–Kier alpha value is -2.24. The standard InChI is InChI=1S/C16H19N5O/c22-16(6-12-2-1-5-17-9-12)21-13-3-4-14(21)8-15(7-13)20-11-18-10-19-20/h1-2,5,9-11,13-15H,3-4,6-8H2. The number of carbonyl (C=O) groups excluding carboxylic acids is 1. The van der Waals surface area contributed by atoms with Crippen LogP contribution in [0.2, 0.25) is 0 Å². The second-order valence-electron chi connectivity index (χ2n) is 6.22. The minimum atomic E-state index is 0.234. The van der Waals surface area contributed by atoms with Crippen molar-refractivity contribution in [2.24, 2.45) is 0 Å². The van der Waals surface area contributed by atoms with Crippen molar-refractivity contribution in [3.8, 4) is 0 Å². The highest BCUT2D eigenvalue weighted by Gasteiger charge is 2.43. The van der Waals surface area contributed by atoms with E-state index in [1.54, 1.807) is 25.0 Å². The molecule has 2 saturated heterocycles. The van der Waals surface area contributed by atoms with E-state index in [0.29, 0.717) is 24.5 Å². The van der Waals surface area contributed by atoms with Crippen LogP contribution in [-0.4, -0.2) is 42.6 Å². The summed E-state index contributed by atoms with van der Waals surface area (Å²) in [4.78, 5) is 22.9. The Morgan fingerprint density at radius 1 is 1.18 bits per heavy atom. The van der Waals surface area contributed by atoms with Crippen LogP contribution >= 0.6 is 0 Å². The van der Waals surface area contributed by atoms with Crippen LogP contribution in [0.5, 0.6) is 0 Å². The molecule has 6 heteroatoms. The van der Waals surface area contributed by atoms with Crippen LogP contribution in [0.3, 0.4) is 0 Å². The van der Waals surface area contributed by atoms with Crippen molar-refractivity contribution in [1.29, 1.82) is 0 Å². The fraction of sp³-hybridized carbons (Fsp3) is 0.500. The molecule has 0 aliphatic carbocycles. The van der Waals surface area contributed by atoms with Gasteiger partial charge in [-0.2, -0.15) is 5.10 Å². The van der Waals surface area contributed by atoms with E-state index in [-0.39, 0.29) is 5.91 Å². The average Bonchev–Trinajstić information content (AvgIpc) is 3.15. The summed E-state index contributed by atoms with van der Waals surface area (Å²) in [5, 5.41) is 4.27. The molecule has 0 N–H and O–H groups in total. The number of rotatable bonds is 3. The molecule has 1 amide bonds. The predicted octanol–water partition coefficient (Wildman–Crippen LogP) is 1.61. The molecule has 2 fully saturated rings. The third-order valence-electron chi connectivity index (χ3n) is 4.89. The molecule has 0 radical (unpaired) electrons. The number of hydrogen-bond donors (Lipinski definition) is 0. The van der Waals surface area contributed by atoms with Crippen LogP contribution in [0.4, 0.5) is 0 Å². The van der Waals surface area contributed by atoms with Crippen molar-refractivity contribution in [3.05, 3.63) is 42.7 Å². The number of nitrogens with zero attached hydrogens (tertiary/aromatic N) is 5. The van der Waals surface area contributed by atoms with Gasteiger partial charge in [-0.1, -0.05) is 6.07 Å². The Morgan fingerprint density at radius 2 is 2.00 bits per heavy atom. The second-order valence-corrected chi connectivity index (χ2v) is 6.22. The summed E-state index contributed by atoms with van der Waals surface area (Å²) in [6, 6.07) is 4.92. The van der Waals surface area contributed by atoms with E-state index in [2.05, 4.69) is 20.0 Å². The lowest BCUT2D eigenvalue weighted by atomic mass is 9.96. The molecular weight excluding hydrogens is 278 g/mol. The molecule has 2 unspecified atom stereocenters. The van der Waals surface area contributed by atoms with Gasteiger partial charge >= 0.3 is 0 Å². The van der Waals surface area contributed by atoms with Crippen molar-refractivity contribution in [2.45, 2.75) is 50.2 Å². The Labute approximate surface area is 129 Å². The number of hydrogen-bond acceptors (Lipinski definition) is 4. The normalized spacial score (nSPS) is 27.1. The molecule has 2 aromatic rings. The Bertz CT molecular complexity index is 628. The molecule has 2 aliphatic rings. The average molecular weight is 297 g/mol. The van der Waals surface area contributed by atoms with Gasteiger partial charge in [0, 0.05) is 24.5 Å². The lowest BCUT2D eigenvalue weighted by molar-refractivity contribution is -0.135. The van der Waals surface area contributed by atoms with E-state index in [0.717, 1.165) is 31.2 Å². The lowest BCUT2D eigenvalue weighted by Crippen LogP contribution is -2.47. The maximum absolute atomic E-state index is 12.7. The second kappa shape index (κ2) is 5.51. The molecule has 2 atom stereocenters. The first kappa shape index (κ1) is 13.4. The summed E-state index contributed by atoms with van der Waals surface area (Å²) >= 11 is 0. The van der Waals surface area contributed by atoms with E-state index in [9.17, 15) is 4.79 Å². The molecular formula is C16H19N5O. The molecule has 4 heterocycles. The summed E-state index contributed by atoms with van der Waals surface area (Å²) in [6.07, 6.45) is 11.5. The van der Waals surface area contributed by atoms with Gasteiger partial charge in [0.05, 0.1) is 12.5 Å². The number of carbonyl (C=O) groups is 1. The lowest BCUT2D eigenvalue weighted by Gasteiger charge is -2.39. The van der Waals surface area contributed by atoms with Gasteiger partial charge in [-0.3, -0.25) is 9.78 Å². The van der Waals surface area contributed by atoms with E-state index < -0.39 is 0 Å². The molecule has 2 aromatic heterocycles. The summed E-state index contributed by atoms with van der Waals surface area (Å²) in [5.74, 6) is 0.234. The smallest absolute Gasteiger partial charge is 0.227 e. The number of fused-ring (bicyclic) bond motifs is 2. The highest BCUT2D eigenvalue weighted by atomic mass is 16.2. The van der Waals surface area contributed by atoms with Gasteiger partial charge in [-0.05, 0) is 37.3 Å². The zero-order chi connectivity index (χ0) is 14.9. The molecule has 114 valence electrons. The summed E-state index contributed by atoms with van der Waals surface area (Å²) in [7, 11) is 0. The molecule has 6 nitrogen and oxygen atoms in total. The topological polar surface area (TPSA) is 63.9 Å². The molecule has 0 spiro atoms. The van der Waals surface area contributed by atoms with Gasteiger partial charge in [0.1, 0.15) is 12.7 Å². The van der Waals surface area contributed by atoms with Gasteiger partial charge in [0.15, 0.2) is 0 Å². The Morgan fingerprint density at radius 3 is 2.64 bits per heavy atom. The van der Waals surface area contributed by atoms with Gasteiger partial charge in [0.2, 0.25) is 5.91 Å². The number of pyridine rings is 1. The van der Waals surface area contributed by atoms with Crippen LogP contribution < -0.4 is 0 Å². The Kier molecular flexibility index (Phi) is 3.36. The molecule has 4 rings (SSSR count). The van der Waals surface area contributed by atoms with Crippen LogP contribution in [0.25, 0.3) is 0 Å². The first-order valence-electron chi connectivity index (χ1n) is 7.85. The SMILES string of the molecule is O=C(Cc1cccnc1)N1C2CCC1CC(n1cncn1)C2. The van der Waals surface area contributed by atoms with Crippen LogP contribution in [0.1, 0.15) is 37.3 Å².